The zero-order valence-corrected chi connectivity index (χ0v) is 13.0. The minimum Gasteiger partial charge on any atom is -0.368 e. The fourth-order valence-corrected chi connectivity index (χ4v) is 3.06. The summed E-state index contributed by atoms with van der Waals surface area (Å²) in [6, 6.07) is 18.9. The first kappa shape index (κ1) is 14.6. The monoisotopic (exact) mass is 291 g/mol. The van der Waals surface area contributed by atoms with Crippen LogP contribution in [0.1, 0.15) is 16.7 Å². The molecule has 1 heterocycles. The third-order valence-electron chi connectivity index (χ3n) is 4.23. The van der Waals surface area contributed by atoms with Gasteiger partial charge in [0.2, 0.25) is 0 Å². The molecule has 3 heteroatoms. The van der Waals surface area contributed by atoms with Crippen molar-refractivity contribution in [2.45, 2.75) is 13.5 Å². The molecule has 112 valence electrons. The number of aryl methyl sites for hydroxylation is 1. The van der Waals surface area contributed by atoms with Gasteiger partial charge >= 0.3 is 0 Å². The predicted molar refractivity (Wildman–Crippen MR) is 89.8 cm³/mol. The number of nitrogens with zero attached hydrogens (tertiary/aromatic N) is 3. The highest BCUT2D eigenvalue weighted by atomic mass is 15.3. The zero-order valence-electron chi connectivity index (χ0n) is 13.0. The Labute approximate surface area is 132 Å². The first-order valence-corrected chi connectivity index (χ1v) is 7.78. The highest BCUT2D eigenvalue weighted by Crippen LogP contribution is 2.21. The Morgan fingerprint density at radius 3 is 2.50 bits per heavy atom. The lowest BCUT2D eigenvalue weighted by Crippen LogP contribution is -2.46. The van der Waals surface area contributed by atoms with Crippen LogP contribution >= 0.6 is 0 Å². The normalized spacial score (nSPS) is 15.5. The summed E-state index contributed by atoms with van der Waals surface area (Å²) in [6.45, 7) is 7.17. The van der Waals surface area contributed by atoms with Gasteiger partial charge in [-0.2, -0.15) is 5.26 Å². The van der Waals surface area contributed by atoms with E-state index < -0.39 is 0 Å². The molecule has 1 saturated heterocycles. The Morgan fingerprint density at radius 2 is 1.77 bits per heavy atom. The van der Waals surface area contributed by atoms with Crippen LogP contribution in [0.2, 0.25) is 0 Å². The van der Waals surface area contributed by atoms with E-state index in [2.05, 4.69) is 53.1 Å². The van der Waals surface area contributed by atoms with Crippen molar-refractivity contribution in [3.63, 3.8) is 0 Å². The van der Waals surface area contributed by atoms with Crippen molar-refractivity contribution in [1.82, 2.24) is 4.90 Å². The van der Waals surface area contributed by atoms with Gasteiger partial charge in [0.15, 0.2) is 0 Å². The van der Waals surface area contributed by atoms with Crippen LogP contribution in [0.5, 0.6) is 0 Å². The lowest BCUT2D eigenvalue weighted by atomic mass is 10.1. The molecule has 3 rings (SSSR count). The molecule has 1 aliphatic rings. The second kappa shape index (κ2) is 6.64. The van der Waals surface area contributed by atoms with Gasteiger partial charge in [0.1, 0.15) is 6.07 Å². The Bertz CT molecular complexity index is 679. The van der Waals surface area contributed by atoms with Gasteiger partial charge in [0.05, 0.1) is 11.3 Å². The average Bonchev–Trinajstić information content (AvgIpc) is 2.56. The highest BCUT2D eigenvalue weighted by Gasteiger charge is 2.19. The standard InChI is InChI=1S/C19H21N3/c1-16-5-4-6-17(13-16)15-21-9-11-22(12-10-21)19-8-3-2-7-18(19)14-20/h2-8,13H,9-12,15H2,1H3. The minimum atomic E-state index is 0.773. The van der Waals surface area contributed by atoms with Gasteiger partial charge in [-0.1, -0.05) is 42.0 Å². The molecule has 0 N–H and O–H groups in total. The molecule has 0 atom stereocenters. The van der Waals surface area contributed by atoms with Crippen LogP contribution in [0.25, 0.3) is 0 Å². The number of para-hydroxylation sites is 1. The van der Waals surface area contributed by atoms with Crippen molar-refractivity contribution < 1.29 is 0 Å². The fourth-order valence-electron chi connectivity index (χ4n) is 3.06. The van der Waals surface area contributed by atoms with E-state index in [-0.39, 0.29) is 0 Å². The molecule has 0 amide bonds. The molecule has 0 aromatic heterocycles. The smallest absolute Gasteiger partial charge is 0.101 e. The summed E-state index contributed by atoms with van der Waals surface area (Å²) in [5.41, 5.74) is 4.54. The largest absolute Gasteiger partial charge is 0.368 e. The molecule has 0 saturated carbocycles. The third kappa shape index (κ3) is 3.29. The van der Waals surface area contributed by atoms with Crippen LogP contribution < -0.4 is 4.90 Å². The van der Waals surface area contributed by atoms with E-state index in [1.807, 2.05) is 18.2 Å². The summed E-state index contributed by atoms with van der Waals surface area (Å²) >= 11 is 0. The van der Waals surface area contributed by atoms with Gasteiger partial charge < -0.3 is 4.90 Å². The maximum Gasteiger partial charge on any atom is 0.101 e. The van der Waals surface area contributed by atoms with Gasteiger partial charge in [0.25, 0.3) is 0 Å². The molecule has 0 aliphatic carbocycles. The molecule has 0 radical (unpaired) electrons. The Hall–Kier alpha value is -2.31. The summed E-state index contributed by atoms with van der Waals surface area (Å²) in [4.78, 5) is 4.81. The predicted octanol–water partition coefficient (Wildman–Crippen LogP) is 3.19. The maximum atomic E-state index is 9.23. The van der Waals surface area contributed by atoms with Crippen LogP contribution in [-0.4, -0.2) is 31.1 Å². The molecule has 2 aromatic rings. The van der Waals surface area contributed by atoms with Crippen LogP contribution in [0.4, 0.5) is 5.69 Å². The summed E-state index contributed by atoms with van der Waals surface area (Å²) in [5, 5.41) is 9.23. The topological polar surface area (TPSA) is 30.3 Å². The minimum absolute atomic E-state index is 0.773. The molecule has 0 spiro atoms. The van der Waals surface area contributed by atoms with Gasteiger partial charge in [-0.05, 0) is 24.6 Å². The molecule has 0 bridgehead atoms. The summed E-state index contributed by atoms with van der Waals surface area (Å²) in [7, 11) is 0. The van der Waals surface area contributed by atoms with Gasteiger partial charge in [-0.3, -0.25) is 4.90 Å². The summed E-state index contributed by atoms with van der Waals surface area (Å²) in [5.74, 6) is 0. The number of hydrogen-bond acceptors (Lipinski definition) is 3. The molecule has 1 fully saturated rings. The zero-order chi connectivity index (χ0) is 15.4. The molecule has 2 aromatic carbocycles. The van der Waals surface area contributed by atoms with Crippen LogP contribution in [0, 0.1) is 18.3 Å². The van der Waals surface area contributed by atoms with E-state index >= 15 is 0 Å². The van der Waals surface area contributed by atoms with E-state index in [0.29, 0.717) is 0 Å². The second-order valence-electron chi connectivity index (χ2n) is 5.88. The average molecular weight is 291 g/mol. The Kier molecular flexibility index (Phi) is 4.41. The number of anilines is 1. The van der Waals surface area contributed by atoms with E-state index in [1.165, 1.54) is 11.1 Å². The molecule has 1 aliphatic heterocycles. The van der Waals surface area contributed by atoms with Crippen molar-refractivity contribution in [2.75, 3.05) is 31.1 Å². The number of hydrogen-bond donors (Lipinski definition) is 0. The molecular formula is C19H21N3. The van der Waals surface area contributed by atoms with Crippen molar-refractivity contribution in [2.24, 2.45) is 0 Å². The van der Waals surface area contributed by atoms with Gasteiger partial charge in [-0.15, -0.1) is 0 Å². The van der Waals surface area contributed by atoms with E-state index in [1.54, 1.807) is 0 Å². The Balaban J connectivity index is 1.62. The summed E-state index contributed by atoms with van der Waals surface area (Å²) in [6.07, 6.45) is 0. The molecular weight excluding hydrogens is 270 g/mol. The van der Waals surface area contributed by atoms with Gasteiger partial charge in [0, 0.05) is 32.7 Å². The maximum absolute atomic E-state index is 9.23. The van der Waals surface area contributed by atoms with E-state index in [9.17, 15) is 5.26 Å². The van der Waals surface area contributed by atoms with Gasteiger partial charge in [-0.25, -0.2) is 0 Å². The van der Waals surface area contributed by atoms with Crippen LogP contribution in [0.15, 0.2) is 48.5 Å². The van der Waals surface area contributed by atoms with E-state index in [0.717, 1.165) is 44.0 Å². The van der Waals surface area contributed by atoms with Crippen molar-refractivity contribution in [3.05, 3.63) is 65.2 Å². The fraction of sp³-hybridized carbons (Fsp3) is 0.316. The van der Waals surface area contributed by atoms with E-state index in [4.69, 9.17) is 0 Å². The first-order valence-electron chi connectivity index (χ1n) is 7.78. The number of nitriles is 1. The number of rotatable bonds is 3. The van der Waals surface area contributed by atoms with Crippen molar-refractivity contribution in [1.29, 1.82) is 5.26 Å². The van der Waals surface area contributed by atoms with Crippen molar-refractivity contribution in [3.8, 4) is 6.07 Å². The first-order chi connectivity index (χ1) is 10.8. The number of benzene rings is 2. The second-order valence-corrected chi connectivity index (χ2v) is 5.88. The Morgan fingerprint density at radius 1 is 1.00 bits per heavy atom. The lowest BCUT2D eigenvalue weighted by Gasteiger charge is -2.36. The van der Waals surface area contributed by atoms with Crippen molar-refractivity contribution >= 4 is 5.69 Å². The SMILES string of the molecule is Cc1cccc(CN2CCN(c3ccccc3C#N)CC2)c1. The summed E-state index contributed by atoms with van der Waals surface area (Å²) < 4.78 is 0. The quantitative estimate of drug-likeness (QED) is 0.870. The lowest BCUT2D eigenvalue weighted by molar-refractivity contribution is 0.250. The van der Waals surface area contributed by atoms with Crippen LogP contribution in [-0.2, 0) is 6.54 Å². The molecule has 0 unspecified atom stereocenters. The highest BCUT2D eigenvalue weighted by molar-refractivity contribution is 5.59. The number of piperazine rings is 1. The molecule has 3 nitrogen and oxygen atoms in total. The van der Waals surface area contributed by atoms with Crippen LogP contribution in [0.3, 0.4) is 0 Å². The molecule has 22 heavy (non-hydrogen) atoms. The third-order valence-corrected chi connectivity index (χ3v) is 4.23.